The second-order valence-corrected chi connectivity index (χ2v) is 8.36. The molecule has 1 unspecified atom stereocenters. The van der Waals surface area contributed by atoms with Gasteiger partial charge in [-0.2, -0.15) is 0 Å². The van der Waals surface area contributed by atoms with E-state index >= 15 is 0 Å². The third-order valence-corrected chi connectivity index (χ3v) is 6.25. The van der Waals surface area contributed by atoms with Crippen molar-refractivity contribution in [3.63, 3.8) is 0 Å². The Hall–Kier alpha value is -2.80. The average Bonchev–Trinajstić information content (AvgIpc) is 3.14. The van der Waals surface area contributed by atoms with E-state index in [1.807, 2.05) is 55.8 Å². The van der Waals surface area contributed by atoms with Crippen molar-refractivity contribution in [1.29, 1.82) is 0 Å². The highest BCUT2D eigenvalue weighted by Crippen LogP contribution is 2.26. The molecule has 0 saturated heterocycles. The van der Waals surface area contributed by atoms with Crippen molar-refractivity contribution in [2.45, 2.75) is 51.8 Å². The molecule has 0 aliphatic rings. The molecule has 0 spiro atoms. The van der Waals surface area contributed by atoms with Crippen molar-refractivity contribution in [3.05, 3.63) is 65.0 Å². The fraction of sp³-hybridized carbons (Fsp3) is 0.375. The molecule has 164 valence electrons. The number of aromatic nitrogens is 3. The normalized spacial score (nSPS) is 11.9. The summed E-state index contributed by atoms with van der Waals surface area (Å²) in [5.74, 6) is 1.76. The van der Waals surface area contributed by atoms with Crippen LogP contribution in [0.1, 0.15) is 49.4 Å². The van der Waals surface area contributed by atoms with Crippen LogP contribution in [-0.4, -0.2) is 26.4 Å². The summed E-state index contributed by atoms with van der Waals surface area (Å²) < 4.78 is 7.96. The van der Waals surface area contributed by atoms with E-state index in [4.69, 9.17) is 4.74 Å². The van der Waals surface area contributed by atoms with Gasteiger partial charge in [-0.3, -0.25) is 4.79 Å². The molecule has 1 heterocycles. The van der Waals surface area contributed by atoms with E-state index in [9.17, 15) is 4.79 Å². The number of carbonyl (C=O) groups excluding carboxylic acids is 1. The molecule has 7 heteroatoms. The number of amides is 1. The molecule has 0 radical (unpaired) electrons. The van der Waals surface area contributed by atoms with Crippen molar-refractivity contribution in [3.8, 4) is 5.75 Å². The first-order valence-electron chi connectivity index (χ1n) is 10.6. The number of thioether (sulfide) groups is 1. The van der Waals surface area contributed by atoms with Gasteiger partial charge in [0.25, 0.3) is 0 Å². The van der Waals surface area contributed by atoms with Crippen LogP contribution in [0.15, 0.2) is 47.6 Å². The number of aryl methyl sites for hydroxylation is 3. The van der Waals surface area contributed by atoms with Gasteiger partial charge in [0.15, 0.2) is 17.1 Å². The zero-order chi connectivity index (χ0) is 22.4. The fourth-order valence-electron chi connectivity index (χ4n) is 3.45. The van der Waals surface area contributed by atoms with Crippen molar-refractivity contribution in [2.24, 2.45) is 7.05 Å². The SMILES string of the molecule is CCc1cccc(CC)c1NC(=O)CSc1nnc(C(C)Oc2ccccc2C)n1C. The van der Waals surface area contributed by atoms with Gasteiger partial charge in [0.05, 0.1) is 5.75 Å². The van der Waals surface area contributed by atoms with Crippen molar-refractivity contribution in [2.75, 3.05) is 11.1 Å². The summed E-state index contributed by atoms with van der Waals surface area (Å²) in [5.41, 5.74) is 4.32. The number of hydrogen-bond donors (Lipinski definition) is 1. The van der Waals surface area contributed by atoms with Crippen LogP contribution in [0.4, 0.5) is 5.69 Å². The molecule has 1 aromatic heterocycles. The van der Waals surface area contributed by atoms with Crippen molar-refractivity contribution < 1.29 is 9.53 Å². The Balaban J connectivity index is 1.64. The lowest BCUT2D eigenvalue weighted by molar-refractivity contribution is -0.113. The van der Waals surface area contributed by atoms with Crippen molar-refractivity contribution >= 4 is 23.4 Å². The predicted molar refractivity (Wildman–Crippen MR) is 126 cm³/mol. The van der Waals surface area contributed by atoms with Crippen molar-refractivity contribution in [1.82, 2.24) is 14.8 Å². The number of nitrogens with one attached hydrogen (secondary N) is 1. The number of benzene rings is 2. The van der Waals surface area contributed by atoms with Crippen LogP contribution in [0.3, 0.4) is 0 Å². The van der Waals surface area contributed by atoms with Crippen LogP contribution in [0.25, 0.3) is 0 Å². The summed E-state index contributed by atoms with van der Waals surface area (Å²) in [6.45, 7) is 8.16. The van der Waals surface area contributed by atoms with Crippen LogP contribution in [0.2, 0.25) is 0 Å². The van der Waals surface area contributed by atoms with Gasteiger partial charge in [0, 0.05) is 12.7 Å². The lowest BCUT2D eigenvalue weighted by Gasteiger charge is -2.16. The quantitative estimate of drug-likeness (QED) is 0.470. The van der Waals surface area contributed by atoms with Crippen LogP contribution in [-0.2, 0) is 24.7 Å². The highest BCUT2D eigenvalue weighted by atomic mass is 32.2. The van der Waals surface area contributed by atoms with Crippen LogP contribution in [0, 0.1) is 6.92 Å². The Bertz CT molecular complexity index is 1030. The maximum absolute atomic E-state index is 12.6. The second kappa shape index (κ2) is 10.5. The average molecular weight is 439 g/mol. The minimum Gasteiger partial charge on any atom is -0.482 e. The van der Waals surface area contributed by atoms with Gasteiger partial charge >= 0.3 is 0 Å². The van der Waals surface area contributed by atoms with Crippen LogP contribution >= 0.6 is 11.8 Å². The largest absolute Gasteiger partial charge is 0.482 e. The summed E-state index contributed by atoms with van der Waals surface area (Å²) >= 11 is 1.37. The van der Waals surface area contributed by atoms with Gasteiger partial charge in [-0.25, -0.2) is 0 Å². The number of hydrogen-bond acceptors (Lipinski definition) is 5. The molecule has 31 heavy (non-hydrogen) atoms. The fourth-order valence-corrected chi connectivity index (χ4v) is 4.16. The Kier molecular flexibility index (Phi) is 7.74. The molecule has 0 fully saturated rings. The number of para-hydroxylation sites is 2. The molecule has 0 aliphatic heterocycles. The maximum atomic E-state index is 12.6. The number of nitrogens with zero attached hydrogens (tertiary/aromatic N) is 3. The van der Waals surface area contributed by atoms with Crippen LogP contribution in [0.5, 0.6) is 5.75 Å². The van der Waals surface area contributed by atoms with Gasteiger partial charge in [0.2, 0.25) is 5.91 Å². The van der Waals surface area contributed by atoms with E-state index in [0.717, 1.165) is 46.8 Å². The van der Waals surface area contributed by atoms with E-state index in [-0.39, 0.29) is 17.8 Å². The monoisotopic (exact) mass is 438 g/mol. The molecule has 3 rings (SSSR count). The molecule has 6 nitrogen and oxygen atoms in total. The summed E-state index contributed by atoms with van der Waals surface area (Å²) in [7, 11) is 1.90. The molecule has 1 atom stereocenters. The second-order valence-electron chi connectivity index (χ2n) is 7.42. The smallest absolute Gasteiger partial charge is 0.234 e. The minimum absolute atomic E-state index is 0.0469. The molecule has 1 N–H and O–H groups in total. The minimum atomic E-state index is -0.259. The topological polar surface area (TPSA) is 69.0 Å². The van der Waals surface area contributed by atoms with E-state index < -0.39 is 0 Å². The third-order valence-electron chi connectivity index (χ3n) is 5.23. The number of ether oxygens (including phenoxy) is 1. The van der Waals surface area contributed by atoms with E-state index in [2.05, 4.69) is 41.5 Å². The Labute approximate surface area is 188 Å². The number of rotatable bonds is 9. The zero-order valence-electron chi connectivity index (χ0n) is 18.8. The summed E-state index contributed by atoms with van der Waals surface area (Å²) in [5, 5.41) is 12.3. The first kappa shape index (κ1) is 22.9. The highest BCUT2D eigenvalue weighted by molar-refractivity contribution is 7.99. The molecular formula is C24H30N4O2S. The summed E-state index contributed by atoms with van der Waals surface area (Å²) in [6.07, 6.45) is 1.50. The number of anilines is 1. The number of carbonyl (C=O) groups is 1. The van der Waals surface area contributed by atoms with E-state index in [1.54, 1.807) is 0 Å². The first-order valence-corrected chi connectivity index (χ1v) is 11.6. The maximum Gasteiger partial charge on any atom is 0.234 e. The molecule has 0 aliphatic carbocycles. The Morgan fingerprint density at radius 3 is 2.42 bits per heavy atom. The van der Waals surface area contributed by atoms with Gasteiger partial charge in [0.1, 0.15) is 5.75 Å². The summed E-state index contributed by atoms with van der Waals surface area (Å²) in [4.78, 5) is 12.6. The molecule has 3 aromatic rings. The van der Waals surface area contributed by atoms with Gasteiger partial charge in [-0.05, 0) is 49.4 Å². The van der Waals surface area contributed by atoms with Gasteiger partial charge in [-0.1, -0.05) is 62.0 Å². The molecule has 0 saturated carbocycles. The van der Waals surface area contributed by atoms with Crippen LogP contribution < -0.4 is 10.1 Å². The Morgan fingerprint density at radius 1 is 1.10 bits per heavy atom. The van der Waals surface area contributed by atoms with E-state index in [1.165, 1.54) is 11.8 Å². The first-order chi connectivity index (χ1) is 14.9. The standard InChI is InChI=1S/C24H30N4O2S/c1-6-18-12-10-13-19(7-2)22(18)25-21(29)15-31-24-27-26-23(28(24)5)17(4)30-20-14-9-8-11-16(20)3/h8-14,17H,6-7,15H2,1-5H3,(H,25,29). The Morgan fingerprint density at radius 2 is 1.77 bits per heavy atom. The molecule has 2 aromatic carbocycles. The third kappa shape index (κ3) is 5.47. The zero-order valence-corrected chi connectivity index (χ0v) is 19.6. The highest BCUT2D eigenvalue weighted by Gasteiger charge is 2.19. The lowest BCUT2D eigenvalue weighted by atomic mass is 10.0. The molecular weight excluding hydrogens is 408 g/mol. The molecule has 1 amide bonds. The van der Waals surface area contributed by atoms with Gasteiger partial charge in [-0.15, -0.1) is 10.2 Å². The van der Waals surface area contributed by atoms with E-state index in [0.29, 0.717) is 5.16 Å². The molecule has 0 bridgehead atoms. The predicted octanol–water partition coefficient (Wildman–Crippen LogP) is 5.12. The van der Waals surface area contributed by atoms with Gasteiger partial charge < -0.3 is 14.6 Å². The summed E-state index contributed by atoms with van der Waals surface area (Å²) in [6, 6.07) is 14.1. The lowest BCUT2D eigenvalue weighted by Crippen LogP contribution is -2.17.